The maximum absolute atomic E-state index is 12.5. The minimum absolute atomic E-state index is 0.0688. The molecule has 0 unspecified atom stereocenters. The molecule has 2 heterocycles. The molecule has 26 heavy (non-hydrogen) atoms. The Balaban J connectivity index is 1.75. The van der Waals surface area contributed by atoms with Crippen LogP contribution in [0.1, 0.15) is 63.6 Å². The number of rotatable bonds is 6. The number of carbonyl (C=O) groups excluding carboxylic acids is 2. The predicted molar refractivity (Wildman–Crippen MR) is 103 cm³/mol. The number of likely N-dealkylation sites (tertiary alicyclic amines) is 1. The lowest BCUT2D eigenvalue weighted by molar-refractivity contribution is -0.127. The fraction of sp³-hybridized carbons (Fsp3) is 0.737. The molecule has 2 amide bonds. The molecular formula is C19H31N3O3S. The molecule has 6 nitrogen and oxygen atoms in total. The summed E-state index contributed by atoms with van der Waals surface area (Å²) in [6.45, 7) is 8.73. The minimum atomic E-state index is -0.552. The predicted octanol–water partition coefficient (Wildman–Crippen LogP) is 3.68. The highest BCUT2D eigenvalue weighted by Gasteiger charge is 2.34. The van der Waals surface area contributed by atoms with Crippen LogP contribution < -0.4 is 5.32 Å². The molecule has 0 radical (unpaired) electrons. The summed E-state index contributed by atoms with van der Waals surface area (Å²) in [5.41, 5.74) is 0.516. The van der Waals surface area contributed by atoms with Crippen molar-refractivity contribution < 1.29 is 14.3 Å². The van der Waals surface area contributed by atoms with E-state index in [4.69, 9.17) is 4.74 Å². The van der Waals surface area contributed by atoms with Crippen molar-refractivity contribution in [3.05, 3.63) is 16.1 Å². The number of hydrogen-bond donors (Lipinski definition) is 1. The molecule has 2 rings (SSSR count). The minimum Gasteiger partial charge on any atom is -0.444 e. The summed E-state index contributed by atoms with van der Waals surface area (Å²) in [4.78, 5) is 31.0. The molecule has 1 saturated heterocycles. The van der Waals surface area contributed by atoms with Crippen LogP contribution in [0.3, 0.4) is 0 Å². The number of ether oxygens (including phenoxy) is 1. The van der Waals surface area contributed by atoms with Gasteiger partial charge in [0.05, 0.1) is 5.01 Å². The maximum atomic E-state index is 12.5. The van der Waals surface area contributed by atoms with E-state index in [1.165, 1.54) is 0 Å². The highest BCUT2D eigenvalue weighted by Crippen LogP contribution is 2.20. The van der Waals surface area contributed by atoms with E-state index >= 15 is 0 Å². The first-order chi connectivity index (χ1) is 12.3. The third kappa shape index (κ3) is 6.59. The Kier molecular flexibility index (Phi) is 7.43. The van der Waals surface area contributed by atoms with Gasteiger partial charge in [-0.1, -0.05) is 0 Å². The second-order valence-corrected chi connectivity index (χ2v) is 8.76. The summed E-state index contributed by atoms with van der Waals surface area (Å²) >= 11 is 1.69. The average Bonchev–Trinajstić information content (AvgIpc) is 2.98. The molecule has 0 spiro atoms. The van der Waals surface area contributed by atoms with Crippen LogP contribution >= 0.6 is 11.3 Å². The Morgan fingerprint density at radius 2 is 2.12 bits per heavy atom. The van der Waals surface area contributed by atoms with Crippen LogP contribution in [0, 0.1) is 6.92 Å². The number of nitrogens with one attached hydrogen (secondary N) is 1. The van der Waals surface area contributed by atoms with Crippen molar-refractivity contribution >= 4 is 23.3 Å². The van der Waals surface area contributed by atoms with Crippen LogP contribution in [0.5, 0.6) is 0 Å². The molecule has 0 bridgehead atoms. The standard InChI is InChI=1S/C19H31N3O3S/c1-14-13-26-16(21-14)10-5-7-11-20-17(23)15-9-6-8-12-22(15)18(24)25-19(2,3)4/h13,15H,5-12H2,1-4H3,(H,20,23)/t15-/m1/s1. The highest BCUT2D eigenvalue weighted by atomic mass is 32.1. The Morgan fingerprint density at radius 1 is 1.35 bits per heavy atom. The number of piperidine rings is 1. The number of amides is 2. The molecule has 0 aromatic carbocycles. The van der Waals surface area contributed by atoms with Crippen molar-refractivity contribution in [3.8, 4) is 0 Å². The van der Waals surface area contributed by atoms with E-state index in [2.05, 4.69) is 15.7 Å². The third-order valence-corrected chi connectivity index (χ3v) is 5.24. The number of thiazole rings is 1. The monoisotopic (exact) mass is 381 g/mol. The summed E-state index contributed by atoms with van der Waals surface area (Å²) in [5.74, 6) is -0.0688. The van der Waals surface area contributed by atoms with Gasteiger partial charge in [-0.25, -0.2) is 9.78 Å². The van der Waals surface area contributed by atoms with Crippen molar-refractivity contribution in [2.45, 2.75) is 77.9 Å². The number of unbranched alkanes of at least 4 members (excludes halogenated alkanes) is 1. The van der Waals surface area contributed by atoms with Crippen LogP contribution in [-0.4, -0.2) is 46.6 Å². The molecule has 1 aromatic heterocycles. The van der Waals surface area contributed by atoms with E-state index in [1.807, 2.05) is 27.7 Å². The summed E-state index contributed by atoms with van der Waals surface area (Å²) < 4.78 is 5.45. The summed E-state index contributed by atoms with van der Waals surface area (Å²) in [5, 5.41) is 6.20. The lowest BCUT2D eigenvalue weighted by Crippen LogP contribution is -2.53. The Hall–Kier alpha value is -1.63. The number of nitrogens with zero attached hydrogens (tertiary/aromatic N) is 2. The van der Waals surface area contributed by atoms with E-state index in [0.29, 0.717) is 19.5 Å². The maximum Gasteiger partial charge on any atom is 0.410 e. The molecule has 1 atom stereocenters. The van der Waals surface area contributed by atoms with Gasteiger partial charge in [0.1, 0.15) is 11.6 Å². The highest BCUT2D eigenvalue weighted by molar-refractivity contribution is 7.09. The van der Waals surface area contributed by atoms with Gasteiger partial charge < -0.3 is 10.1 Å². The summed E-state index contributed by atoms with van der Waals surface area (Å²) in [6.07, 6.45) is 5.02. The first kappa shape index (κ1) is 20.7. The largest absolute Gasteiger partial charge is 0.444 e. The molecule has 1 aromatic rings. The lowest BCUT2D eigenvalue weighted by Gasteiger charge is -2.35. The van der Waals surface area contributed by atoms with Crippen LogP contribution in [0.2, 0.25) is 0 Å². The molecule has 1 aliphatic heterocycles. The molecule has 146 valence electrons. The van der Waals surface area contributed by atoms with Crippen molar-refractivity contribution in [1.82, 2.24) is 15.2 Å². The molecule has 1 N–H and O–H groups in total. The van der Waals surface area contributed by atoms with Gasteiger partial charge in [-0.3, -0.25) is 9.69 Å². The van der Waals surface area contributed by atoms with Crippen molar-refractivity contribution in [2.24, 2.45) is 0 Å². The Morgan fingerprint density at radius 3 is 2.77 bits per heavy atom. The molecule has 0 saturated carbocycles. The quantitative estimate of drug-likeness (QED) is 0.763. The lowest BCUT2D eigenvalue weighted by atomic mass is 10.0. The van der Waals surface area contributed by atoms with Gasteiger partial charge in [0.25, 0.3) is 0 Å². The fourth-order valence-corrected chi connectivity index (χ4v) is 3.81. The molecule has 0 aliphatic carbocycles. The third-order valence-electron chi connectivity index (χ3n) is 4.22. The normalized spacial score (nSPS) is 17.8. The summed E-state index contributed by atoms with van der Waals surface area (Å²) in [7, 11) is 0. The van der Waals surface area contributed by atoms with Crippen LogP contribution in [0.25, 0.3) is 0 Å². The van der Waals surface area contributed by atoms with Gasteiger partial charge in [0.15, 0.2) is 0 Å². The number of carbonyl (C=O) groups is 2. The van der Waals surface area contributed by atoms with Gasteiger partial charge in [-0.15, -0.1) is 11.3 Å². The van der Waals surface area contributed by atoms with Crippen LogP contribution in [0.4, 0.5) is 4.79 Å². The molecule has 1 fully saturated rings. The van der Waals surface area contributed by atoms with E-state index < -0.39 is 17.7 Å². The first-order valence-electron chi connectivity index (χ1n) is 9.44. The van der Waals surface area contributed by atoms with Gasteiger partial charge in [0.2, 0.25) is 5.91 Å². The first-order valence-corrected chi connectivity index (χ1v) is 10.3. The van der Waals surface area contributed by atoms with E-state index in [0.717, 1.165) is 42.8 Å². The van der Waals surface area contributed by atoms with Crippen LogP contribution in [0.15, 0.2) is 5.38 Å². The molecule has 7 heteroatoms. The number of hydrogen-bond acceptors (Lipinski definition) is 5. The second-order valence-electron chi connectivity index (χ2n) is 7.82. The zero-order chi connectivity index (χ0) is 19.2. The van der Waals surface area contributed by atoms with Crippen LogP contribution in [-0.2, 0) is 16.0 Å². The van der Waals surface area contributed by atoms with Gasteiger partial charge in [-0.05, 0) is 66.2 Å². The van der Waals surface area contributed by atoms with E-state index in [1.54, 1.807) is 16.2 Å². The Labute approximate surface area is 160 Å². The van der Waals surface area contributed by atoms with Crippen molar-refractivity contribution in [2.75, 3.05) is 13.1 Å². The topological polar surface area (TPSA) is 71.5 Å². The second kappa shape index (κ2) is 9.35. The zero-order valence-electron chi connectivity index (χ0n) is 16.3. The van der Waals surface area contributed by atoms with Crippen molar-refractivity contribution in [3.63, 3.8) is 0 Å². The van der Waals surface area contributed by atoms with Crippen molar-refractivity contribution in [1.29, 1.82) is 0 Å². The van der Waals surface area contributed by atoms with E-state index in [-0.39, 0.29) is 5.91 Å². The van der Waals surface area contributed by atoms with Gasteiger partial charge in [-0.2, -0.15) is 0 Å². The number of aromatic nitrogens is 1. The molecule has 1 aliphatic rings. The smallest absolute Gasteiger partial charge is 0.410 e. The zero-order valence-corrected chi connectivity index (χ0v) is 17.2. The fourth-order valence-electron chi connectivity index (χ4n) is 2.99. The van der Waals surface area contributed by atoms with Gasteiger partial charge in [0, 0.05) is 24.2 Å². The van der Waals surface area contributed by atoms with Gasteiger partial charge >= 0.3 is 6.09 Å². The van der Waals surface area contributed by atoms with E-state index in [9.17, 15) is 9.59 Å². The average molecular weight is 382 g/mol. The summed E-state index contributed by atoms with van der Waals surface area (Å²) in [6, 6.07) is -0.416. The molecular weight excluding hydrogens is 350 g/mol. The Bertz CT molecular complexity index is 609. The number of aryl methyl sites for hydroxylation is 2. The SMILES string of the molecule is Cc1csc(CCCCNC(=O)[C@H]2CCCCN2C(=O)OC(C)(C)C)n1.